The summed E-state index contributed by atoms with van der Waals surface area (Å²) in [6, 6.07) is 8.06. The first-order valence-corrected chi connectivity index (χ1v) is 9.20. The van der Waals surface area contributed by atoms with Gasteiger partial charge in [0.2, 0.25) is 5.91 Å². The number of amides is 1. The van der Waals surface area contributed by atoms with Crippen molar-refractivity contribution in [2.75, 3.05) is 7.11 Å². The van der Waals surface area contributed by atoms with Crippen LogP contribution in [-0.4, -0.2) is 27.8 Å². The van der Waals surface area contributed by atoms with E-state index in [-0.39, 0.29) is 11.9 Å². The summed E-state index contributed by atoms with van der Waals surface area (Å²) in [6.45, 7) is 0.766. The number of rotatable bonds is 6. The Balaban J connectivity index is 1.44. The van der Waals surface area contributed by atoms with Gasteiger partial charge in [-0.3, -0.25) is 9.48 Å². The van der Waals surface area contributed by atoms with Gasteiger partial charge in [0.15, 0.2) is 0 Å². The van der Waals surface area contributed by atoms with Gasteiger partial charge in [0.25, 0.3) is 0 Å². The molecule has 26 heavy (non-hydrogen) atoms. The molecule has 136 valence electrons. The average molecular weight is 352 g/mol. The van der Waals surface area contributed by atoms with Crippen molar-refractivity contribution in [1.29, 1.82) is 0 Å². The van der Waals surface area contributed by atoms with Crippen LogP contribution in [0.25, 0.3) is 10.9 Å². The van der Waals surface area contributed by atoms with Crippen LogP contribution in [0.15, 0.2) is 36.7 Å². The molecule has 0 radical (unpaired) electrons. The third kappa shape index (κ3) is 3.31. The van der Waals surface area contributed by atoms with Gasteiger partial charge in [-0.2, -0.15) is 5.10 Å². The minimum absolute atomic E-state index is 0.0642. The second-order valence-corrected chi connectivity index (χ2v) is 6.81. The number of benzene rings is 1. The van der Waals surface area contributed by atoms with Gasteiger partial charge in [0, 0.05) is 42.0 Å². The smallest absolute Gasteiger partial charge is 0.220 e. The van der Waals surface area contributed by atoms with Crippen LogP contribution in [0.2, 0.25) is 0 Å². The number of aromatic amines is 1. The van der Waals surface area contributed by atoms with E-state index < -0.39 is 0 Å². The number of methoxy groups -OCH3 is 1. The minimum Gasteiger partial charge on any atom is -0.497 e. The Labute approximate surface area is 152 Å². The number of nitrogens with zero attached hydrogens (tertiary/aromatic N) is 2. The molecule has 0 saturated carbocycles. The molecular weight excluding hydrogens is 328 g/mol. The highest BCUT2D eigenvalue weighted by atomic mass is 16.5. The summed E-state index contributed by atoms with van der Waals surface area (Å²) in [4.78, 5) is 15.9. The molecule has 2 aromatic heterocycles. The topological polar surface area (TPSA) is 71.9 Å². The van der Waals surface area contributed by atoms with E-state index in [0.29, 0.717) is 6.42 Å². The van der Waals surface area contributed by atoms with Crippen molar-refractivity contribution in [3.63, 3.8) is 0 Å². The van der Waals surface area contributed by atoms with Gasteiger partial charge < -0.3 is 15.0 Å². The highest BCUT2D eigenvalue weighted by molar-refractivity contribution is 5.87. The lowest BCUT2D eigenvalue weighted by molar-refractivity contribution is -0.122. The molecule has 0 spiro atoms. The summed E-state index contributed by atoms with van der Waals surface area (Å²) in [5, 5.41) is 8.59. The minimum atomic E-state index is 0.0642. The van der Waals surface area contributed by atoms with E-state index in [0.717, 1.165) is 49.2 Å². The lowest BCUT2D eigenvalue weighted by Crippen LogP contribution is -2.31. The van der Waals surface area contributed by atoms with Crippen molar-refractivity contribution in [1.82, 2.24) is 20.1 Å². The molecule has 0 aliphatic heterocycles. The summed E-state index contributed by atoms with van der Waals surface area (Å²) >= 11 is 0. The monoisotopic (exact) mass is 352 g/mol. The van der Waals surface area contributed by atoms with Gasteiger partial charge in [-0.15, -0.1) is 0 Å². The van der Waals surface area contributed by atoms with E-state index in [1.165, 1.54) is 10.9 Å². The van der Waals surface area contributed by atoms with Crippen molar-refractivity contribution in [3.8, 4) is 5.75 Å². The average Bonchev–Trinajstić information content (AvgIpc) is 3.29. The fourth-order valence-corrected chi connectivity index (χ4v) is 3.81. The van der Waals surface area contributed by atoms with Crippen molar-refractivity contribution < 1.29 is 9.53 Å². The molecule has 2 N–H and O–H groups in total. The van der Waals surface area contributed by atoms with E-state index in [4.69, 9.17) is 4.74 Å². The van der Waals surface area contributed by atoms with E-state index in [1.807, 2.05) is 23.0 Å². The Kier molecular flexibility index (Phi) is 4.65. The molecule has 6 nitrogen and oxygen atoms in total. The molecule has 1 amide bonds. The second kappa shape index (κ2) is 7.23. The Morgan fingerprint density at radius 2 is 2.38 bits per heavy atom. The predicted octanol–water partition coefficient (Wildman–Crippen LogP) is 3.35. The zero-order valence-electron chi connectivity index (χ0n) is 15.0. The molecule has 1 atom stereocenters. The Hall–Kier alpha value is -2.76. The zero-order chi connectivity index (χ0) is 17.9. The van der Waals surface area contributed by atoms with Crippen molar-refractivity contribution in [2.24, 2.45) is 0 Å². The molecule has 1 unspecified atom stereocenters. The molecular formula is C20H24N4O2. The molecule has 1 aromatic carbocycles. The van der Waals surface area contributed by atoms with Gasteiger partial charge in [-0.25, -0.2) is 0 Å². The standard InChI is InChI=1S/C20H24N4O2/c1-26-14-8-9-17-16(13-14)15-5-2-6-18(20(15)23-17)22-19(25)7-3-11-24-12-4-10-21-24/h4,8-10,12-13,18,23H,2-3,5-7,11H2,1H3,(H,22,25). The van der Waals surface area contributed by atoms with Crippen LogP contribution in [0, 0.1) is 0 Å². The Bertz CT molecular complexity index is 898. The molecule has 3 aromatic rings. The summed E-state index contributed by atoms with van der Waals surface area (Å²) in [6.07, 6.45) is 8.07. The lowest BCUT2D eigenvalue weighted by Gasteiger charge is -2.24. The molecule has 1 aliphatic rings. The number of carbonyl (C=O) groups excluding carboxylic acids is 1. The normalized spacial score (nSPS) is 16.4. The van der Waals surface area contributed by atoms with Gasteiger partial charge in [-0.05, 0) is 55.5 Å². The predicted molar refractivity (Wildman–Crippen MR) is 100 cm³/mol. The number of ether oxygens (including phenoxy) is 1. The molecule has 0 saturated heterocycles. The third-order valence-electron chi connectivity index (χ3n) is 5.10. The van der Waals surface area contributed by atoms with E-state index in [2.05, 4.69) is 27.5 Å². The van der Waals surface area contributed by atoms with Gasteiger partial charge in [0.1, 0.15) is 5.75 Å². The largest absolute Gasteiger partial charge is 0.497 e. The fraction of sp³-hybridized carbons (Fsp3) is 0.400. The first kappa shape index (κ1) is 16.7. The van der Waals surface area contributed by atoms with Crippen LogP contribution in [-0.2, 0) is 17.8 Å². The van der Waals surface area contributed by atoms with Crippen LogP contribution in [0.5, 0.6) is 5.75 Å². The van der Waals surface area contributed by atoms with Gasteiger partial charge >= 0.3 is 0 Å². The van der Waals surface area contributed by atoms with Crippen molar-refractivity contribution >= 4 is 16.8 Å². The quantitative estimate of drug-likeness (QED) is 0.715. The first-order chi connectivity index (χ1) is 12.7. The number of aryl methyl sites for hydroxylation is 2. The summed E-state index contributed by atoms with van der Waals surface area (Å²) < 4.78 is 7.22. The highest BCUT2D eigenvalue weighted by Gasteiger charge is 2.25. The molecule has 1 aliphatic carbocycles. The van der Waals surface area contributed by atoms with E-state index >= 15 is 0 Å². The van der Waals surface area contributed by atoms with Crippen LogP contribution in [0.1, 0.15) is 43.0 Å². The number of aromatic nitrogens is 3. The summed E-state index contributed by atoms with van der Waals surface area (Å²) in [7, 11) is 1.69. The third-order valence-corrected chi connectivity index (χ3v) is 5.10. The maximum absolute atomic E-state index is 12.4. The van der Waals surface area contributed by atoms with Gasteiger partial charge in [-0.1, -0.05) is 0 Å². The Morgan fingerprint density at radius 1 is 1.46 bits per heavy atom. The van der Waals surface area contributed by atoms with E-state index in [9.17, 15) is 4.79 Å². The fourth-order valence-electron chi connectivity index (χ4n) is 3.81. The number of H-pyrrole nitrogens is 1. The SMILES string of the molecule is COc1ccc2[nH]c3c(c2c1)CCCC3NC(=O)CCCn1cccn1. The second-order valence-electron chi connectivity index (χ2n) is 6.81. The number of carbonyl (C=O) groups is 1. The first-order valence-electron chi connectivity index (χ1n) is 9.20. The molecule has 4 rings (SSSR count). The van der Waals surface area contributed by atoms with Crippen LogP contribution in [0.4, 0.5) is 0 Å². The van der Waals surface area contributed by atoms with Crippen LogP contribution < -0.4 is 10.1 Å². The summed E-state index contributed by atoms with van der Waals surface area (Å²) in [5.41, 5.74) is 3.57. The maximum Gasteiger partial charge on any atom is 0.220 e. The van der Waals surface area contributed by atoms with Crippen molar-refractivity contribution in [3.05, 3.63) is 47.9 Å². The molecule has 0 bridgehead atoms. The summed E-state index contributed by atoms with van der Waals surface area (Å²) in [5.74, 6) is 0.968. The maximum atomic E-state index is 12.4. The van der Waals surface area contributed by atoms with Crippen LogP contribution in [0.3, 0.4) is 0 Å². The Morgan fingerprint density at radius 3 is 3.19 bits per heavy atom. The number of hydrogen-bond donors (Lipinski definition) is 2. The number of nitrogens with one attached hydrogen (secondary N) is 2. The zero-order valence-corrected chi connectivity index (χ0v) is 15.0. The molecule has 0 fully saturated rings. The van der Waals surface area contributed by atoms with Crippen molar-refractivity contribution in [2.45, 2.75) is 44.7 Å². The van der Waals surface area contributed by atoms with Gasteiger partial charge in [0.05, 0.1) is 13.2 Å². The number of fused-ring (bicyclic) bond motifs is 3. The van der Waals surface area contributed by atoms with Crippen LogP contribution >= 0.6 is 0 Å². The van der Waals surface area contributed by atoms with E-state index in [1.54, 1.807) is 13.3 Å². The molecule has 2 heterocycles. The number of hydrogen-bond acceptors (Lipinski definition) is 3. The molecule has 6 heteroatoms. The highest BCUT2D eigenvalue weighted by Crippen LogP contribution is 2.36. The lowest BCUT2D eigenvalue weighted by atomic mass is 9.91.